The first-order chi connectivity index (χ1) is 26.3. The maximum Gasteiger partial charge on any atom is 0.408 e. The quantitative estimate of drug-likeness (QED) is 0.107. The number of aliphatic carboxylic acids is 2. The molecule has 0 spiro atoms. The van der Waals surface area contributed by atoms with Crippen LogP contribution in [-0.2, 0) is 53.0 Å². The number of carbonyl (C=O) groups is 4. The highest BCUT2D eigenvalue weighted by Crippen LogP contribution is 2.31. The molecular weight excluding hydrogens is 710 g/mol. The van der Waals surface area contributed by atoms with Crippen LogP contribution in [-0.4, -0.2) is 65.2 Å². The summed E-state index contributed by atoms with van der Waals surface area (Å²) in [6.45, 7) is 6.30. The minimum atomic E-state index is -1.16. The molecule has 1 aliphatic rings. The highest BCUT2D eigenvalue weighted by Gasteiger charge is 2.27. The van der Waals surface area contributed by atoms with Gasteiger partial charge in [0.15, 0.2) is 17.8 Å². The monoisotopic (exact) mass is 757 g/mol. The lowest BCUT2D eigenvalue weighted by atomic mass is 10.1. The van der Waals surface area contributed by atoms with Crippen molar-refractivity contribution >= 4 is 24.0 Å². The van der Waals surface area contributed by atoms with Crippen molar-refractivity contribution in [3.05, 3.63) is 131 Å². The number of hydrogen-bond acceptors (Lipinski definition) is 10. The highest BCUT2D eigenvalue weighted by atomic mass is 16.7. The van der Waals surface area contributed by atoms with E-state index in [1.807, 2.05) is 91.0 Å². The Hall–Kier alpha value is -5.92. The first-order valence-electron chi connectivity index (χ1n) is 17.7. The van der Waals surface area contributed by atoms with Crippen LogP contribution in [0.25, 0.3) is 0 Å². The second-order valence-corrected chi connectivity index (χ2v) is 13.5. The topological polar surface area (TPSA) is 176 Å². The summed E-state index contributed by atoms with van der Waals surface area (Å²) in [5.74, 6) is -1.71. The molecule has 1 fully saturated rings. The SMILES string of the molecule is CC(C)(C)OC(=O)NC(Cc1ccc(OCc2ccccc2)c(OCc2ccccc2)c1)C(=O)O.O=C(O)CCC(=O)OC1COC(c2ccccc2)OC1. The smallest absolute Gasteiger partial charge is 0.408 e. The first-order valence-corrected chi connectivity index (χ1v) is 17.7. The van der Waals surface area contributed by atoms with Crippen molar-refractivity contribution in [1.82, 2.24) is 5.32 Å². The number of alkyl carbamates (subject to hydrolysis) is 1. The van der Waals surface area contributed by atoms with Gasteiger partial charge in [-0.3, -0.25) is 9.59 Å². The van der Waals surface area contributed by atoms with Crippen molar-refractivity contribution in [3.63, 3.8) is 0 Å². The minimum absolute atomic E-state index is 0.0508. The van der Waals surface area contributed by atoms with Crippen LogP contribution in [0.15, 0.2) is 109 Å². The molecule has 0 aromatic heterocycles. The van der Waals surface area contributed by atoms with E-state index in [0.717, 1.165) is 16.7 Å². The van der Waals surface area contributed by atoms with Gasteiger partial charge in [0.25, 0.3) is 0 Å². The molecule has 1 atom stereocenters. The maximum absolute atomic E-state index is 12.1. The molecule has 1 saturated heterocycles. The number of ether oxygens (including phenoxy) is 6. The predicted octanol–water partition coefficient (Wildman–Crippen LogP) is 6.87. The summed E-state index contributed by atoms with van der Waals surface area (Å²) in [7, 11) is 0. The molecule has 13 nitrogen and oxygen atoms in total. The van der Waals surface area contributed by atoms with Gasteiger partial charge in [-0.15, -0.1) is 0 Å². The van der Waals surface area contributed by atoms with Crippen molar-refractivity contribution in [3.8, 4) is 11.5 Å². The van der Waals surface area contributed by atoms with Crippen molar-refractivity contribution < 1.29 is 57.8 Å². The van der Waals surface area contributed by atoms with Gasteiger partial charge in [0.05, 0.1) is 26.1 Å². The van der Waals surface area contributed by atoms with Gasteiger partial charge in [0, 0.05) is 12.0 Å². The highest BCUT2D eigenvalue weighted by molar-refractivity contribution is 5.80. The van der Waals surface area contributed by atoms with Crippen molar-refractivity contribution in [2.45, 2.75) is 77.3 Å². The molecule has 1 amide bonds. The van der Waals surface area contributed by atoms with Gasteiger partial charge in [0.1, 0.15) is 31.0 Å². The standard InChI is InChI=1S/C28H31NO6.C14H16O6/c1-28(2,3)35-27(32)29-23(26(30)31)16-22-14-15-24(33-18-20-10-6-4-7-11-20)25(17-22)34-19-21-12-8-5-9-13-21;15-12(16)6-7-13(17)20-11-8-18-14(19-9-11)10-4-2-1-3-5-10/h4-15,17,23H,16,18-19H2,1-3H3,(H,29,32)(H,30,31);1-5,11,14H,6-9H2,(H,15,16). The van der Waals surface area contributed by atoms with E-state index >= 15 is 0 Å². The summed E-state index contributed by atoms with van der Waals surface area (Å²) in [5, 5.41) is 20.5. The fourth-order valence-corrected chi connectivity index (χ4v) is 5.08. The number of carbonyl (C=O) groups excluding carboxylic acids is 2. The Bertz CT molecular complexity index is 1800. The molecule has 0 saturated carbocycles. The largest absolute Gasteiger partial charge is 0.485 e. The lowest BCUT2D eigenvalue weighted by molar-refractivity contribution is -0.229. The van der Waals surface area contributed by atoms with Crippen LogP contribution in [0.4, 0.5) is 4.79 Å². The molecule has 3 N–H and O–H groups in total. The van der Waals surface area contributed by atoms with Crippen LogP contribution in [0.5, 0.6) is 11.5 Å². The van der Waals surface area contributed by atoms with Crippen LogP contribution < -0.4 is 14.8 Å². The second-order valence-electron chi connectivity index (χ2n) is 13.5. The third-order valence-corrected chi connectivity index (χ3v) is 7.69. The van der Waals surface area contributed by atoms with E-state index in [0.29, 0.717) is 30.3 Å². The van der Waals surface area contributed by atoms with Crippen LogP contribution in [0.1, 0.15) is 62.2 Å². The lowest BCUT2D eigenvalue weighted by Crippen LogP contribution is -2.44. The maximum atomic E-state index is 12.1. The summed E-state index contributed by atoms with van der Waals surface area (Å²) in [4.78, 5) is 45.6. The second kappa shape index (κ2) is 21.1. The zero-order valence-corrected chi connectivity index (χ0v) is 31.1. The number of nitrogens with one attached hydrogen (secondary N) is 1. The molecule has 1 heterocycles. The van der Waals surface area contributed by atoms with Gasteiger partial charge in [-0.2, -0.15) is 0 Å². The van der Waals surface area contributed by atoms with Crippen LogP contribution in [0.3, 0.4) is 0 Å². The molecular formula is C42H47NO12. The zero-order chi connectivity index (χ0) is 39.6. The van der Waals surface area contributed by atoms with E-state index in [9.17, 15) is 24.3 Å². The van der Waals surface area contributed by atoms with E-state index in [1.54, 1.807) is 39.0 Å². The number of esters is 1. The Morgan fingerprint density at radius 3 is 1.80 bits per heavy atom. The van der Waals surface area contributed by atoms with Gasteiger partial charge >= 0.3 is 24.0 Å². The summed E-state index contributed by atoms with van der Waals surface area (Å²) in [6, 6.07) is 33.1. The van der Waals surface area contributed by atoms with Gasteiger partial charge in [-0.05, 0) is 49.6 Å². The minimum Gasteiger partial charge on any atom is -0.485 e. The molecule has 1 unspecified atom stereocenters. The number of amides is 1. The summed E-state index contributed by atoms with van der Waals surface area (Å²) in [5.41, 5.74) is 2.84. The molecule has 55 heavy (non-hydrogen) atoms. The Kier molecular flexibility index (Phi) is 16.0. The van der Waals surface area contributed by atoms with Crippen LogP contribution >= 0.6 is 0 Å². The number of hydrogen-bond donors (Lipinski definition) is 3. The first kappa shape index (κ1) is 41.8. The Balaban J connectivity index is 0.000000284. The average molecular weight is 758 g/mol. The van der Waals surface area contributed by atoms with Gasteiger partial charge in [0.2, 0.25) is 0 Å². The van der Waals surface area contributed by atoms with Gasteiger partial charge in [-0.25, -0.2) is 9.59 Å². The van der Waals surface area contributed by atoms with Crippen LogP contribution in [0, 0.1) is 0 Å². The molecule has 0 radical (unpaired) electrons. The molecule has 0 bridgehead atoms. The summed E-state index contributed by atoms with van der Waals surface area (Å²) in [6.07, 6.45) is -2.06. The van der Waals surface area contributed by atoms with Crippen LogP contribution in [0.2, 0.25) is 0 Å². The fourth-order valence-electron chi connectivity index (χ4n) is 5.08. The number of benzene rings is 4. The third-order valence-electron chi connectivity index (χ3n) is 7.69. The molecule has 1 aliphatic heterocycles. The molecule has 4 aromatic rings. The van der Waals surface area contributed by atoms with Crippen molar-refractivity contribution in [2.75, 3.05) is 13.2 Å². The van der Waals surface area contributed by atoms with Crippen molar-refractivity contribution in [1.29, 1.82) is 0 Å². The number of carboxylic acid groups (broad SMARTS) is 2. The number of carboxylic acids is 2. The summed E-state index contributed by atoms with van der Waals surface area (Å²) < 4.78 is 33.3. The molecule has 13 heteroatoms. The average Bonchev–Trinajstić information content (AvgIpc) is 3.16. The molecule has 0 aliphatic carbocycles. The van der Waals surface area contributed by atoms with E-state index in [4.69, 9.17) is 33.5 Å². The third kappa shape index (κ3) is 15.5. The van der Waals surface area contributed by atoms with Gasteiger partial charge in [-0.1, -0.05) is 97.1 Å². The normalized spacial score (nSPS) is 15.6. The Labute approximate surface area is 320 Å². The fraction of sp³-hybridized carbons (Fsp3) is 0.333. The van der Waals surface area contributed by atoms with E-state index in [2.05, 4.69) is 5.32 Å². The lowest BCUT2D eigenvalue weighted by Gasteiger charge is -2.29. The van der Waals surface area contributed by atoms with E-state index in [1.165, 1.54) is 0 Å². The van der Waals surface area contributed by atoms with Gasteiger partial charge < -0.3 is 44.0 Å². The van der Waals surface area contributed by atoms with E-state index < -0.39 is 48.0 Å². The molecule has 4 aromatic carbocycles. The Morgan fingerprint density at radius 1 is 0.727 bits per heavy atom. The van der Waals surface area contributed by atoms with Crippen molar-refractivity contribution in [2.24, 2.45) is 0 Å². The van der Waals surface area contributed by atoms with E-state index in [-0.39, 0.29) is 32.5 Å². The zero-order valence-electron chi connectivity index (χ0n) is 31.1. The Morgan fingerprint density at radius 2 is 1.27 bits per heavy atom. The number of rotatable bonds is 15. The molecule has 292 valence electrons. The summed E-state index contributed by atoms with van der Waals surface area (Å²) >= 11 is 0. The predicted molar refractivity (Wildman–Crippen MR) is 200 cm³/mol. The molecule has 5 rings (SSSR count).